The summed E-state index contributed by atoms with van der Waals surface area (Å²) >= 11 is 1.39. The molecular formula is C12H12N2O2S. The fourth-order valence-electron chi connectivity index (χ4n) is 1.67. The molecule has 2 aromatic heterocycles. The van der Waals surface area contributed by atoms with Crippen molar-refractivity contribution in [2.75, 3.05) is 12.8 Å². The third-order valence-corrected chi connectivity index (χ3v) is 3.68. The molecule has 2 N–H and O–H groups in total. The van der Waals surface area contributed by atoms with Crippen LogP contribution >= 0.6 is 11.3 Å². The molecular weight excluding hydrogens is 236 g/mol. The summed E-state index contributed by atoms with van der Waals surface area (Å²) < 4.78 is 4.72. The molecule has 2 heterocycles. The highest BCUT2D eigenvalue weighted by Crippen LogP contribution is 2.38. The Balaban J connectivity index is 2.56. The average molecular weight is 248 g/mol. The van der Waals surface area contributed by atoms with Gasteiger partial charge in [0.15, 0.2) is 0 Å². The van der Waals surface area contributed by atoms with Crippen molar-refractivity contribution in [1.29, 1.82) is 0 Å². The highest BCUT2D eigenvalue weighted by molar-refractivity contribution is 7.19. The van der Waals surface area contributed by atoms with Crippen LogP contribution in [0.2, 0.25) is 0 Å². The predicted octanol–water partition coefficient (Wildman–Crippen LogP) is 2.49. The number of ether oxygens (including phenoxy) is 1. The highest BCUT2D eigenvalue weighted by atomic mass is 32.1. The summed E-state index contributed by atoms with van der Waals surface area (Å²) in [5.74, 6) is -0.392. The van der Waals surface area contributed by atoms with Gasteiger partial charge in [0, 0.05) is 17.3 Å². The third-order valence-electron chi connectivity index (χ3n) is 2.51. The van der Waals surface area contributed by atoms with Crippen molar-refractivity contribution >= 4 is 22.3 Å². The van der Waals surface area contributed by atoms with Gasteiger partial charge < -0.3 is 10.5 Å². The molecule has 0 aromatic carbocycles. The molecule has 0 aliphatic heterocycles. The first-order valence-electron chi connectivity index (χ1n) is 5.02. The molecule has 0 radical (unpaired) electrons. The van der Waals surface area contributed by atoms with Crippen molar-refractivity contribution < 1.29 is 9.53 Å². The summed E-state index contributed by atoms with van der Waals surface area (Å²) in [5.41, 5.74) is 8.18. The van der Waals surface area contributed by atoms with Gasteiger partial charge in [0.05, 0.1) is 12.7 Å². The quantitative estimate of drug-likeness (QED) is 0.829. The number of esters is 1. The smallest absolute Gasteiger partial charge is 0.341 e. The van der Waals surface area contributed by atoms with E-state index in [1.165, 1.54) is 18.4 Å². The van der Waals surface area contributed by atoms with Crippen molar-refractivity contribution in [2.45, 2.75) is 6.92 Å². The lowest BCUT2D eigenvalue weighted by molar-refractivity contribution is 0.0602. The summed E-state index contributed by atoms with van der Waals surface area (Å²) in [5, 5.41) is 0.487. The number of pyridine rings is 1. The minimum atomic E-state index is -0.392. The van der Waals surface area contributed by atoms with E-state index in [4.69, 9.17) is 10.5 Å². The zero-order chi connectivity index (χ0) is 12.4. The van der Waals surface area contributed by atoms with Gasteiger partial charge in [-0.25, -0.2) is 4.79 Å². The summed E-state index contributed by atoms with van der Waals surface area (Å²) in [4.78, 5) is 16.5. The van der Waals surface area contributed by atoms with Gasteiger partial charge in [-0.1, -0.05) is 0 Å². The zero-order valence-corrected chi connectivity index (χ0v) is 10.4. The van der Waals surface area contributed by atoms with Gasteiger partial charge in [-0.15, -0.1) is 11.3 Å². The summed E-state index contributed by atoms with van der Waals surface area (Å²) in [6.45, 7) is 1.87. The number of nitrogen functional groups attached to an aromatic ring is 1. The van der Waals surface area contributed by atoms with Gasteiger partial charge in [0.1, 0.15) is 5.00 Å². The number of carbonyl (C=O) groups excluding carboxylic acids is 1. The lowest BCUT2D eigenvalue weighted by atomic mass is 10.1. The largest absolute Gasteiger partial charge is 0.465 e. The first kappa shape index (κ1) is 11.6. The van der Waals surface area contributed by atoms with E-state index >= 15 is 0 Å². The molecule has 0 aliphatic carbocycles. The number of hydrogen-bond acceptors (Lipinski definition) is 5. The van der Waals surface area contributed by atoms with Crippen LogP contribution in [-0.4, -0.2) is 18.1 Å². The van der Waals surface area contributed by atoms with E-state index in [0.29, 0.717) is 10.6 Å². The van der Waals surface area contributed by atoms with Gasteiger partial charge in [-0.05, 0) is 30.2 Å². The molecule has 0 spiro atoms. The lowest BCUT2D eigenvalue weighted by Gasteiger charge is -2.01. The van der Waals surface area contributed by atoms with E-state index < -0.39 is 5.97 Å². The fourth-order valence-corrected chi connectivity index (χ4v) is 2.74. The number of nitrogens with two attached hydrogens (primary N) is 1. The molecule has 0 atom stereocenters. The second-order valence-corrected chi connectivity index (χ2v) is 4.58. The second kappa shape index (κ2) is 4.55. The van der Waals surface area contributed by atoms with Crippen LogP contribution in [0.5, 0.6) is 0 Å². The number of rotatable bonds is 2. The van der Waals surface area contributed by atoms with Crippen molar-refractivity contribution in [3.63, 3.8) is 0 Å². The minimum absolute atomic E-state index is 0.392. The molecule has 2 rings (SSSR count). The molecule has 0 aliphatic rings. The van der Waals surface area contributed by atoms with Gasteiger partial charge >= 0.3 is 5.97 Å². The van der Waals surface area contributed by atoms with Gasteiger partial charge in [-0.3, -0.25) is 4.98 Å². The Morgan fingerprint density at radius 3 is 2.65 bits per heavy atom. The van der Waals surface area contributed by atoms with Crippen molar-refractivity contribution in [1.82, 2.24) is 4.98 Å². The molecule has 0 amide bonds. The summed E-state index contributed by atoms with van der Waals surface area (Å²) in [6, 6.07) is 3.78. The molecule has 0 unspecified atom stereocenters. The molecule has 0 saturated carbocycles. The second-order valence-electron chi connectivity index (χ2n) is 3.52. The molecule has 0 saturated heterocycles. The van der Waals surface area contributed by atoms with E-state index in [1.807, 2.05) is 19.1 Å². The number of nitrogens with zero attached hydrogens (tertiary/aromatic N) is 1. The third kappa shape index (κ3) is 2.01. The fraction of sp³-hybridized carbons (Fsp3) is 0.167. The summed E-state index contributed by atoms with van der Waals surface area (Å²) in [7, 11) is 1.35. The number of thiophene rings is 1. The Bertz CT molecular complexity index is 549. The SMILES string of the molecule is COC(=O)c1c(N)sc(-c2ccncc2)c1C. The van der Waals surface area contributed by atoms with Gasteiger partial charge in [-0.2, -0.15) is 0 Å². The van der Waals surface area contributed by atoms with Crippen LogP contribution in [-0.2, 0) is 4.74 Å². The number of anilines is 1. The number of methoxy groups -OCH3 is 1. The molecule has 88 valence electrons. The topological polar surface area (TPSA) is 65.2 Å². The number of aromatic nitrogens is 1. The first-order chi connectivity index (χ1) is 8.15. The van der Waals surface area contributed by atoms with Crippen LogP contribution in [0.3, 0.4) is 0 Å². The van der Waals surface area contributed by atoms with Crippen LogP contribution < -0.4 is 5.73 Å². The summed E-state index contributed by atoms with van der Waals surface area (Å²) in [6.07, 6.45) is 3.42. The van der Waals surface area contributed by atoms with Crippen LogP contribution in [0.1, 0.15) is 15.9 Å². The molecule has 0 fully saturated rings. The van der Waals surface area contributed by atoms with E-state index in [-0.39, 0.29) is 0 Å². The van der Waals surface area contributed by atoms with Crippen LogP contribution in [0.4, 0.5) is 5.00 Å². The lowest BCUT2D eigenvalue weighted by Crippen LogP contribution is -2.04. The minimum Gasteiger partial charge on any atom is -0.465 e. The Morgan fingerprint density at radius 1 is 1.41 bits per heavy atom. The first-order valence-corrected chi connectivity index (χ1v) is 5.84. The molecule has 5 heteroatoms. The Hall–Kier alpha value is -1.88. The number of hydrogen-bond donors (Lipinski definition) is 1. The van der Waals surface area contributed by atoms with E-state index in [9.17, 15) is 4.79 Å². The van der Waals surface area contributed by atoms with Crippen LogP contribution in [0, 0.1) is 6.92 Å². The van der Waals surface area contributed by atoms with Crippen molar-refractivity contribution in [3.05, 3.63) is 35.7 Å². The molecule has 17 heavy (non-hydrogen) atoms. The Labute approximate surface area is 103 Å². The van der Waals surface area contributed by atoms with Gasteiger partial charge in [0.2, 0.25) is 0 Å². The highest BCUT2D eigenvalue weighted by Gasteiger charge is 2.20. The standard InChI is InChI=1S/C12H12N2O2S/c1-7-9(12(15)16-2)11(13)17-10(7)8-3-5-14-6-4-8/h3-6H,13H2,1-2H3. The van der Waals surface area contributed by atoms with Crippen molar-refractivity contribution in [2.24, 2.45) is 0 Å². The van der Waals surface area contributed by atoms with E-state index in [0.717, 1.165) is 16.0 Å². The van der Waals surface area contributed by atoms with Crippen molar-refractivity contribution in [3.8, 4) is 10.4 Å². The molecule has 2 aromatic rings. The molecule has 4 nitrogen and oxygen atoms in total. The maximum atomic E-state index is 11.6. The Morgan fingerprint density at radius 2 is 2.06 bits per heavy atom. The normalized spacial score (nSPS) is 10.2. The maximum absolute atomic E-state index is 11.6. The van der Waals surface area contributed by atoms with Gasteiger partial charge in [0.25, 0.3) is 0 Å². The average Bonchev–Trinajstić information content (AvgIpc) is 2.65. The van der Waals surface area contributed by atoms with E-state index in [1.54, 1.807) is 12.4 Å². The maximum Gasteiger partial charge on any atom is 0.341 e. The van der Waals surface area contributed by atoms with Crippen LogP contribution in [0.15, 0.2) is 24.5 Å². The Kier molecular flexibility index (Phi) is 3.10. The van der Waals surface area contributed by atoms with E-state index in [2.05, 4.69) is 4.98 Å². The molecule has 0 bridgehead atoms. The zero-order valence-electron chi connectivity index (χ0n) is 9.56. The number of carbonyl (C=O) groups is 1. The predicted molar refractivity (Wildman–Crippen MR) is 68.0 cm³/mol. The monoisotopic (exact) mass is 248 g/mol. The van der Waals surface area contributed by atoms with Crippen LogP contribution in [0.25, 0.3) is 10.4 Å².